The maximum Gasteiger partial charge on any atom is 0.269 e. The quantitative estimate of drug-likeness (QED) is 0.489. The van der Waals surface area contributed by atoms with Crippen LogP contribution in [0.2, 0.25) is 0 Å². The molecule has 0 amide bonds. The standard InChI is InChI=1S/C20H20N2O5/c1-11-5-13(9-23-3)17-15(7-11)26-21-19(17)25-20-18-14(10-24-4)6-12(2)8-16(18)27-22-20/h5-8H,9-10H2,1-4H3. The van der Waals surface area contributed by atoms with Gasteiger partial charge >= 0.3 is 0 Å². The van der Waals surface area contributed by atoms with Gasteiger partial charge in [0, 0.05) is 14.2 Å². The number of aryl methyl sites for hydroxylation is 2. The molecule has 0 bridgehead atoms. The Kier molecular flexibility index (Phi) is 4.55. The van der Waals surface area contributed by atoms with Crippen molar-refractivity contribution < 1.29 is 23.3 Å². The number of fused-ring (bicyclic) bond motifs is 2. The topological polar surface area (TPSA) is 79.8 Å². The minimum Gasteiger partial charge on any atom is -0.413 e. The van der Waals surface area contributed by atoms with Crippen LogP contribution in [0.5, 0.6) is 11.8 Å². The summed E-state index contributed by atoms with van der Waals surface area (Å²) in [4.78, 5) is 0. The molecular weight excluding hydrogens is 348 g/mol. The van der Waals surface area contributed by atoms with Gasteiger partial charge in [0.05, 0.1) is 24.0 Å². The molecule has 0 N–H and O–H groups in total. The van der Waals surface area contributed by atoms with E-state index in [4.69, 9.17) is 23.3 Å². The molecular formula is C20H20N2O5. The molecule has 0 saturated carbocycles. The van der Waals surface area contributed by atoms with Crippen LogP contribution < -0.4 is 4.74 Å². The van der Waals surface area contributed by atoms with Crippen LogP contribution in [-0.2, 0) is 22.7 Å². The lowest BCUT2D eigenvalue weighted by Crippen LogP contribution is -1.94. The van der Waals surface area contributed by atoms with Crippen LogP contribution in [0.3, 0.4) is 0 Å². The largest absolute Gasteiger partial charge is 0.413 e. The van der Waals surface area contributed by atoms with Gasteiger partial charge in [0.25, 0.3) is 11.8 Å². The van der Waals surface area contributed by atoms with E-state index < -0.39 is 0 Å². The number of rotatable bonds is 6. The molecule has 0 atom stereocenters. The smallest absolute Gasteiger partial charge is 0.269 e. The van der Waals surface area contributed by atoms with E-state index >= 15 is 0 Å². The van der Waals surface area contributed by atoms with E-state index in [1.807, 2.05) is 38.1 Å². The van der Waals surface area contributed by atoms with Crippen molar-refractivity contribution in [1.82, 2.24) is 10.3 Å². The summed E-state index contributed by atoms with van der Waals surface area (Å²) >= 11 is 0. The summed E-state index contributed by atoms with van der Waals surface area (Å²) < 4.78 is 27.6. The zero-order valence-corrected chi connectivity index (χ0v) is 15.7. The molecule has 0 unspecified atom stereocenters. The fraction of sp³-hybridized carbons (Fsp3) is 0.300. The van der Waals surface area contributed by atoms with Crippen molar-refractivity contribution in [1.29, 1.82) is 0 Å². The lowest BCUT2D eigenvalue weighted by atomic mass is 10.1. The third-order valence-corrected chi connectivity index (χ3v) is 4.33. The van der Waals surface area contributed by atoms with Crippen LogP contribution in [0.25, 0.3) is 21.9 Å². The van der Waals surface area contributed by atoms with Gasteiger partial charge in [-0.25, -0.2) is 0 Å². The second kappa shape index (κ2) is 7.02. The van der Waals surface area contributed by atoms with Gasteiger partial charge in [-0.05, 0) is 58.5 Å². The van der Waals surface area contributed by atoms with Gasteiger partial charge < -0.3 is 23.3 Å². The predicted octanol–water partition coefficient (Wildman–Crippen LogP) is 4.67. The van der Waals surface area contributed by atoms with E-state index in [-0.39, 0.29) is 0 Å². The highest BCUT2D eigenvalue weighted by molar-refractivity contribution is 5.89. The maximum atomic E-state index is 6.02. The number of hydrogen-bond acceptors (Lipinski definition) is 7. The number of benzene rings is 2. The van der Waals surface area contributed by atoms with Crippen LogP contribution in [0, 0.1) is 13.8 Å². The van der Waals surface area contributed by atoms with Gasteiger partial charge in [0.2, 0.25) is 0 Å². The van der Waals surface area contributed by atoms with E-state index in [1.54, 1.807) is 14.2 Å². The fourth-order valence-corrected chi connectivity index (χ4v) is 3.32. The minimum atomic E-state index is 0.330. The van der Waals surface area contributed by atoms with Crippen molar-refractivity contribution in [3.05, 3.63) is 46.5 Å². The van der Waals surface area contributed by atoms with Crippen LogP contribution in [-0.4, -0.2) is 24.5 Å². The Hall–Kier alpha value is -2.90. The average molecular weight is 368 g/mol. The molecule has 0 aliphatic rings. The number of methoxy groups -OCH3 is 2. The Morgan fingerprint density at radius 2 is 1.19 bits per heavy atom. The van der Waals surface area contributed by atoms with E-state index in [1.165, 1.54) is 0 Å². The van der Waals surface area contributed by atoms with Crippen molar-refractivity contribution in [2.24, 2.45) is 0 Å². The third kappa shape index (κ3) is 3.15. The number of aromatic nitrogens is 2. The summed E-state index contributed by atoms with van der Waals surface area (Å²) in [5, 5.41) is 9.70. The Morgan fingerprint density at radius 1 is 0.741 bits per heavy atom. The Balaban J connectivity index is 1.83. The predicted molar refractivity (Wildman–Crippen MR) is 99.0 cm³/mol. The van der Waals surface area contributed by atoms with Crippen molar-refractivity contribution >= 4 is 21.9 Å². The van der Waals surface area contributed by atoms with Crippen molar-refractivity contribution in [3.8, 4) is 11.8 Å². The van der Waals surface area contributed by atoms with Gasteiger partial charge in [-0.1, -0.05) is 12.1 Å². The molecule has 0 radical (unpaired) electrons. The summed E-state index contributed by atoms with van der Waals surface area (Å²) in [5.41, 5.74) is 5.26. The SMILES string of the molecule is COCc1cc(C)cc2onc(Oc3noc4cc(C)cc(COC)c34)c12. The van der Waals surface area contributed by atoms with Crippen molar-refractivity contribution in [2.45, 2.75) is 27.1 Å². The summed E-state index contributed by atoms with van der Waals surface area (Å²) in [5.74, 6) is 0.660. The van der Waals surface area contributed by atoms with Crippen molar-refractivity contribution in [3.63, 3.8) is 0 Å². The molecule has 0 saturated heterocycles. The first-order chi connectivity index (χ1) is 13.1. The molecule has 27 heavy (non-hydrogen) atoms. The highest BCUT2D eigenvalue weighted by Crippen LogP contribution is 2.37. The monoisotopic (exact) mass is 368 g/mol. The Labute approximate surface area is 155 Å². The van der Waals surface area contributed by atoms with Crippen LogP contribution in [0.4, 0.5) is 0 Å². The fourth-order valence-electron chi connectivity index (χ4n) is 3.32. The first-order valence-electron chi connectivity index (χ1n) is 8.54. The molecule has 7 nitrogen and oxygen atoms in total. The molecule has 2 heterocycles. The van der Waals surface area contributed by atoms with E-state index in [0.29, 0.717) is 36.1 Å². The van der Waals surface area contributed by atoms with Gasteiger partial charge in [-0.2, -0.15) is 0 Å². The number of nitrogens with zero attached hydrogens (tertiary/aromatic N) is 2. The zero-order valence-electron chi connectivity index (χ0n) is 15.7. The minimum absolute atomic E-state index is 0.330. The molecule has 2 aromatic heterocycles. The molecule has 7 heteroatoms. The zero-order chi connectivity index (χ0) is 19.0. The Bertz CT molecular complexity index is 1020. The molecule has 4 aromatic rings. The lowest BCUT2D eigenvalue weighted by Gasteiger charge is -2.06. The Morgan fingerprint density at radius 3 is 1.59 bits per heavy atom. The molecule has 0 fully saturated rings. The number of ether oxygens (including phenoxy) is 3. The highest BCUT2D eigenvalue weighted by atomic mass is 16.6. The molecule has 0 spiro atoms. The van der Waals surface area contributed by atoms with Gasteiger partial charge in [-0.3, -0.25) is 0 Å². The summed E-state index contributed by atoms with van der Waals surface area (Å²) in [6.07, 6.45) is 0. The molecule has 4 rings (SSSR count). The van der Waals surface area contributed by atoms with Gasteiger partial charge in [-0.15, -0.1) is 0 Å². The van der Waals surface area contributed by atoms with Crippen molar-refractivity contribution in [2.75, 3.05) is 14.2 Å². The second-order valence-corrected chi connectivity index (χ2v) is 6.54. The van der Waals surface area contributed by atoms with Crippen LogP contribution in [0.1, 0.15) is 22.3 Å². The highest BCUT2D eigenvalue weighted by Gasteiger charge is 2.21. The van der Waals surface area contributed by atoms with Gasteiger partial charge in [0.15, 0.2) is 11.2 Å². The first-order valence-corrected chi connectivity index (χ1v) is 8.54. The summed E-state index contributed by atoms with van der Waals surface area (Å²) in [6, 6.07) is 7.87. The molecule has 2 aromatic carbocycles. The van der Waals surface area contributed by atoms with E-state index in [0.717, 1.165) is 33.0 Å². The van der Waals surface area contributed by atoms with Gasteiger partial charge in [0.1, 0.15) is 0 Å². The number of hydrogen-bond donors (Lipinski definition) is 0. The normalized spacial score (nSPS) is 11.6. The first kappa shape index (κ1) is 17.5. The molecule has 0 aliphatic heterocycles. The average Bonchev–Trinajstić information content (AvgIpc) is 3.20. The van der Waals surface area contributed by atoms with Crippen LogP contribution >= 0.6 is 0 Å². The second-order valence-electron chi connectivity index (χ2n) is 6.54. The third-order valence-electron chi connectivity index (χ3n) is 4.33. The summed E-state index contributed by atoms with van der Waals surface area (Å²) in [6.45, 7) is 4.82. The van der Waals surface area contributed by atoms with E-state index in [2.05, 4.69) is 10.3 Å². The van der Waals surface area contributed by atoms with Crippen LogP contribution in [0.15, 0.2) is 33.3 Å². The van der Waals surface area contributed by atoms with E-state index in [9.17, 15) is 0 Å². The molecule has 140 valence electrons. The maximum absolute atomic E-state index is 6.02. The lowest BCUT2D eigenvalue weighted by molar-refractivity contribution is 0.185. The summed E-state index contributed by atoms with van der Waals surface area (Å²) in [7, 11) is 3.29. The molecule has 0 aliphatic carbocycles.